The maximum absolute atomic E-state index is 12.4. The molecule has 2 aromatic rings. The molecule has 1 fully saturated rings. The second-order valence-corrected chi connectivity index (χ2v) is 10.1. The van der Waals surface area contributed by atoms with Gasteiger partial charge in [0.2, 0.25) is 0 Å². The molecule has 192 valence electrons. The number of piperazine rings is 1. The highest BCUT2D eigenvalue weighted by Crippen LogP contribution is 2.32. The zero-order valence-corrected chi connectivity index (χ0v) is 21.6. The van der Waals surface area contributed by atoms with Crippen LogP contribution in [0.5, 0.6) is 5.75 Å². The minimum Gasteiger partial charge on any atom is -0.491 e. The standard InChI is InChI=1S/C23H33ClN6O5/c1-13(2)30-20(14(3)10-26-30)28-19-18(21(31)32)16(9-17(24)27-19)34-12-15-11-29(8-7-25-15)22(33)35-23(4,5)6/h9-10,13,15,25H,7-8,11-12H2,1-6H3,(H,27,28)(H,31,32)/t15-/m1/s1. The second-order valence-electron chi connectivity index (χ2n) is 9.70. The van der Waals surface area contributed by atoms with E-state index in [1.165, 1.54) is 6.07 Å². The zero-order valence-electron chi connectivity index (χ0n) is 20.9. The Morgan fingerprint density at radius 2 is 2.09 bits per heavy atom. The van der Waals surface area contributed by atoms with Crippen molar-refractivity contribution in [3.05, 3.63) is 28.5 Å². The third-order valence-corrected chi connectivity index (χ3v) is 5.41. The van der Waals surface area contributed by atoms with Crippen LogP contribution in [0.1, 0.15) is 56.6 Å². The van der Waals surface area contributed by atoms with E-state index in [4.69, 9.17) is 21.1 Å². The highest BCUT2D eigenvalue weighted by molar-refractivity contribution is 6.29. The maximum atomic E-state index is 12.4. The van der Waals surface area contributed by atoms with Gasteiger partial charge in [0.25, 0.3) is 0 Å². The van der Waals surface area contributed by atoms with Crippen LogP contribution in [0.3, 0.4) is 0 Å². The summed E-state index contributed by atoms with van der Waals surface area (Å²) in [6.07, 6.45) is 1.29. The fourth-order valence-corrected chi connectivity index (χ4v) is 3.81. The summed E-state index contributed by atoms with van der Waals surface area (Å²) in [5, 5.41) is 20.7. The number of rotatable bonds is 7. The molecule has 0 saturated carbocycles. The Bertz CT molecular complexity index is 1080. The Balaban J connectivity index is 1.79. The van der Waals surface area contributed by atoms with Crippen molar-refractivity contribution in [3.8, 4) is 5.75 Å². The number of hydrogen-bond acceptors (Lipinski definition) is 8. The van der Waals surface area contributed by atoms with Crippen LogP contribution in [0, 0.1) is 6.92 Å². The summed E-state index contributed by atoms with van der Waals surface area (Å²) in [6.45, 7) is 12.8. The number of carboxylic acids is 1. The molecule has 0 aliphatic carbocycles. The van der Waals surface area contributed by atoms with Crippen molar-refractivity contribution < 1.29 is 24.2 Å². The molecule has 1 atom stereocenters. The predicted octanol–water partition coefficient (Wildman–Crippen LogP) is 3.85. The van der Waals surface area contributed by atoms with Gasteiger partial charge in [-0.1, -0.05) is 11.6 Å². The lowest BCUT2D eigenvalue weighted by Gasteiger charge is -2.34. The van der Waals surface area contributed by atoms with Crippen molar-refractivity contribution >= 4 is 35.3 Å². The summed E-state index contributed by atoms with van der Waals surface area (Å²) in [7, 11) is 0. The number of halogens is 1. The van der Waals surface area contributed by atoms with Gasteiger partial charge >= 0.3 is 12.1 Å². The van der Waals surface area contributed by atoms with E-state index in [9.17, 15) is 14.7 Å². The lowest BCUT2D eigenvalue weighted by Crippen LogP contribution is -2.55. The number of amides is 1. The minimum absolute atomic E-state index is 0.0414. The van der Waals surface area contributed by atoms with Gasteiger partial charge < -0.3 is 30.1 Å². The molecule has 0 radical (unpaired) electrons. The Labute approximate surface area is 209 Å². The quantitative estimate of drug-likeness (QED) is 0.477. The van der Waals surface area contributed by atoms with E-state index in [1.807, 2.05) is 41.5 Å². The molecule has 1 amide bonds. The Kier molecular flexibility index (Phi) is 8.11. The van der Waals surface area contributed by atoms with Gasteiger partial charge in [-0.3, -0.25) is 0 Å². The van der Waals surface area contributed by atoms with Crippen LogP contribution in [0.4, 0.5) is 16.4 Å². The van der Waals surface area contributed by atoms with Gasteiger partial charge in [0.1, 0.15) is 34.5 Å². The molecule has 2 aromatic heterocycles. The van der Waals surface area contributed by atoms with Gasteiger partial charge in [-0.2, -0.15) is 5.10 Å². The van der Waals surface area contributed by atoms with Gasteiger partial charge in [0.15, 0.2) is 5.82 Å². The normalized spacial score (nSPS) is 16.3. The van der Waals surface area contributed by atoms with Crippen molar-refractivity contribution in [1.82, 2.24) is 25.0 Å². The predicted molar refractivity (Wildman–Crippen MR) is 132 cm³/mol. The zero-order chi connectivity index (χ0) is 25.9. The Morgan fingerprint density at radius 1 is 1.37 bits per heavy atom. The summed E-state index contributed by atoms with van der Waals surface area (Å²) in [5.41, 5.74) is 0.0863. The van der Waals surface area contributed by atoms with Gasteiger partial charge in [0.05, 0.1) is 12.2 Å². The largest absolute Gasteiger partial charge is 0.491 e. The van der Waals surface area contributed by atoms with Crippen LogP contribution < -0.4 is 15.4 Å². The second kappa shape index (κ2) is 10.7. The monoisotopic (exact) mass is 508 g/mol. The summed E-state index contributed by atoms with van der Waals surface area (Å²) in [6, 6.07) is 1.18. The van der Waals surface area contributed by atoms with Crippen molar-refractivity contribution in [2.24, 2.45) is 0 Å². The number of nitrogens with zero attached hydrogens (tertiary/aromatic N) is 4. The first-order valence-corrected chi connectivity index (χ1v) is 11.8. The molecule has 11 nitrogen and oxygen atoms in total. The number of hydrogen-bond donors (Lipinski definition) is 3. The molecule has 3 rings (SSSR count). The molecule has 35 heavy (non-hydrogen) atoms. The molecule has 3 heterocycles. The first-order chi connectivity index (χ1) is 16.4. The fraction of sp³-hybridized carbons (Fsp3) is 0.565. The topological polar surface area (TPSA) is 131 Å². The van der Waals surface area contributed by atoms with Crippen molar-refractivity contribution in [3.63, 3.8) is 0 Å². The molecule has 1 aliphatic rings. The number of ether oxygens (including phenoxy) is 2. The van der Waals surface area contributed by atoms with E-state index in [0.717, 1.165) is 5.56 Å². The van der Waals surface area contributed by atoms with Crippen LogP contribution >= 0.6 is 11.6 Å². The Hall–Kier alpha value is -3.05. The van der Waals surface area contributed by atoms with Crippen LogP contribution in [0.25, 0.3) is 0 Å². The number of aromatic nitrogens is 3. The first-order valence-electron chi connectivity index (χ1n) is 11.4. The average Bonchev–Trinajstić information content (AvgIpc) is 3.11. The number of nitrogens with one attached hydrogen (secondary N) is 2. The van der Waals surface area contributed by atoms with E-state index in [1.54, 1.807) is 15.8 Å². The van der Waals surface area contributed by atoms with E-state index >= 15 is 0 Å². The number of pyridine rings is 1. The molecule has 3 N–H and O–H groups in total. The van der Waals surface area contributed by atoms with E-state index in [2.05, 4.69) is 20.7 Å². The molecule has 0 unspecified atom stereocenters. The molecular formula is C23H33ClN6O5. The van der Waals surface area contributed by atoms with Crippen molar-refractivity contribution in [2.45, 2.75) is 59.2 Å². The lowest BCUT2D eigenvalue weighted by atomic mass is 10.2. The van der Waals surface area contributed by atoms with E-state index < -0.39 is 17.7 Å². The molecule has 0 bridgehead atoms. The van der Waals surface area contributed by atoms with E-state index in [0.29, 0.717) is 25.5 Å². The van der Waals surface area contributed by atoms with Gasteiger partial charge in [-0.05, 0) is 41.5 Å². The highest BCUT2D eigenvalue weighted by atomic mass is 35.5. The molecule has 1 saturated heterocycles. The third kappa shape index (κ3) is 6.76. The number of carboxylic acid groups (broad SMARTS) is 1. The smallest absolute Gasteiger partial charge is 0.410 e. The fourth-order valence-electron chi connectivity index (χ4n) is 3.63. The van der Waals surface area contributed by atoms with Crippen LogP contribution in [0.15, 0.2) is 12.3 Å². The van der Waals surface area contributed by atoms with Crippen molar-refractivity contribution in [2.75, 3.05) is 31.6 Å². The number of carbonyl (C=O) groups excluding carboxylic acids is 1. The summed E-state index contributed by atoms with van der Waals surface area (Å²) >= 11 is 6.23. The first kappa shape index (κ1) is 26.6. The van der Waals surface area contributed by atoms with Crippen LogP contribution in [0.2, 0.25) is 5.15 Å². The third-order valence-electron chi connectivity index (χ3n) is 5.22. The SMILES string of the molecule is Cc1cnn(C(C)C)c1Nc1nc(Cl)cc(OC[C@H]2CN(C(=O)OC(C)(C)C)CCN2)c1C(=O)O. The van der Waals surface area contributed by atoms with Crippen molar-refractivity contribution in [1.29, 1.82) is 0 Å². The van der Waals surface area contributed by atoms with E-state index in [-0.39, 0.29) is 41.0 Å². The number of carbonyl (C=O) groups is 2. The number of anilines is 2. The molecule has 0 spiro atoms. The molecule has 1 aliphatic heterocycles. The summed E-state index contributed by atoms with van der Waals surface area (Å²) in [4.78, 5) is 30.4. The van der Waals surface area contributed by atoms with Gasteiger partial charge in [0, 0.05) is 37.3 Å². The van der Waals surface area contributed by atoms with Crippen LogP contribution in [-0.4, -0.2) is 74.7 Å². The minimum atomic E-state index is -1.22. The van der Waals surface area contributed by atoms with Crippen LogP contribution in [-0.2, 0) is 4.74 Å². The Morgan fingerprint density at radius 3 is 2.71 bits per heavy atom. The maximum Gasteiger partial charge on any atom is 0.410 e. The average molecular weight is 509 g/mol. The van der Waals surface area contributed by atoms with Gasteiger partial charge in [-0.15, -0.1) is 0 Å². The van der Waals surface area contributed by atoms with Gasteiger partial charge in [-0.25, -0.2) is 19.3 Å². The molecular weight excluding hydrogens is 476 g/mol. The molecule has 12 heteroatoms. The summed E-state index contributed by atoms with van der Waals surface area (Å²) < 4.78 is 13.1. The lowest BCUT2D eigenvalue weighted by molar-refractivity contribution is 0.0178. The summed E-state index contributed by atoms with van der Waals surface area (Å²) in [5.74, 6) is -0.473. The number of aromatic carboxylic acids is 1. The molecule has 0 aromatic carbocycles. The highest BCUT2D eigenvalue weighted by Gasteiger charge is 2.29. The number of aryl methyl sites for hydroxylation is 1.